The van der Waals surface area contributed by atoms with Gasteiger partial charge in [-0.3, -0.25) is 4.79 Å². The lowest BCUT2D eigenvalue weighted by Crippen LogP contribution is -2.32. The van der Waals surface area contributed by atoms with Gasteiger partial charge in [0.15, 0.2) is 0 Å². The molecule has 0 saturated carbocycles. The summed E-state index contributed by atoms with van der Waals surface area (Å²) in [7, 11) is 0. The predicted octanol–water partition coefficient (Wildman–Crippen LogP) is 5.15. The van der Waals surface area contributed by atoms with E-state index < -0.39 is 0 Å². The van der Waals surface area contributed by atoms with Gasteiger partial charge in [0.05, 0.1) is 23.1 Å². The average Bonchev–Trinajstić information content (AvgIpc) is 3.48. The molecular formula is C24H29N3O2S. The molecule has 1 atom stereocenters. The number of hydrogen-bond donors (Lipinski definition) is 1. The second-order valence-corrected chi connectivity index (χ2v) is 9.14. The van der Waals surface area contributed by atoms with E-state index in [-0.39, 0.29) is 12.0 Å². The third-order valence-electron chi connectivity index (χ3n) is 5.46. The monoisotopic (exact) mass is 423 g/mol. The van der Waals surface area contributed by atoms with E-state index in [0.717, 1.165) is 59.2 Å². The summed E-state index contributed by atoms with van der Waals surface area (Å²) in [6.45, 7) is 8.61. The first-order valence-corrected chi connectivity index (χ1v) is 11.5. The zero-order valence-electron chi connectivity index (χ0n) is 17.9. The van der Waals surface area contributed by atoms with Crippen molar-refractivity contribution in [1.82, 2.24) is 14.9 Å². The van der Waals surface area contributed by atoms with Crippen LogP contribution in [0.1, 0.15) is 42.7 Å². The maximum atomic E-state index is 12.9. The van der Waals surface area contributed by atoms with Crippen LogP contribution in [0.5, 0.6) is 0 Å². The van der Waals surface area contributed by atoms with E-state index in [9.17, 15) is 4.79 Å². The van der Waals surface area contributed by atoms with Crippen LogP contribution >= 0.6 is 11.3 Å². The van der Waals surface area contributed by atoms with Crippen LogP contribution in [0.15, 0.2) is 41.8 Å². The largest absolute Gasteiger partial charge is 0.376 e. The molecule has 6 heteroatoms. The Morgan fingerprint density at radius 2 is 2.13 bits per heavy atom. The SMILES string of the molecule is Cc1c(C(=O)NCC2CCCO2)cc(-c2csc(-c3ccccc3)n2)n1CC(C)C. The van der Waals surface area contributed by atoms with Crippen LogP contribution in [0.3, 0.4) is 0 Å². The molecule has 0 radical (unpaired) electrons. The molecule has 0 bridgehead atoms. The van der Waals surface area contributed by atoms with Crippen molar-refractivity contribution in [1.29, 1.82) is 0 Å². The Bertz CT molecular complexity index is 1000. The van der Waals surface area contributed by atoms with Crippen molar-refractivity contribution in [2.24, 2.45) is 5.92 Å². The van der Waals surface area contributed by atoms with Crippen molar-refractivity contribution < 1.29 is 9.53 Å². The van der Waals surface area contributed by atoms with Gasteiger partial charge in [-0.2, -0.15) is 0 Å². The highest BCUT2D eigenvalue weighted by Crippen LogP contribution is 2.32. The van der Waals surface area contributed by atoms with Gasteiger partial charge in [0.25, 0.3) is 5.91 Å². The van der Waals surface area contributed by atoms with Crippen LogP contribution in [0.2, 0.25) is 0 Å². The van der Waals surface area contributed by atoms with Gasteiger partial charge in [-0.05, 0) is 31.7 Å². The van der Waals surface area contributed by atoms with Crippen LogP contribution in [0, 0.1) is 12.8 Å². The van der Waals surface area contributed by atoms with Gasteiger partial charge in [0.2, 0.25) is 0 Å². The molecule has 3 aromatic rings. The molecule has 1 aliphatic heterocycles. The molecule has 0 aliphatic carbocycles. The average molecular weight is 424 g/mol. The second-order valence-electron chi connectivity index (χ2n) is 8.28. The number of rotatable bonds is 7. The van der Waals surface area contributed by atoms with Gasteiger partial charge in [0.1, 0.15) is 5.01 Å². The van der Waals surface area contributed by atoms with E-state index in [1.54, 1.807) is 11.3 Å². The standard InChI is InChI=1S/C24H29N3O2S/c1-16(2)14-27-17(3)20(23(28)25-13-19-10-7-11-29-19)12-22(27)21-15-30-24(26-21)18-8-5-4-6-9-18/h4-6,8-9,12,15-16,19H,7,10-11,13-14H2,1-3H3,(H,25,28). The molecule has 30 heavy (non-hydrogen) atoms. The van der Waals surface area contributed by atoms with Crippen molar-refractivity contribution in [3.63, 3.8) is 0 Å². The Hall–Kier alpha value is -2.44. The van der Waals surface area contributed by atoms with Gasteiger partial charge in [0, 0.05) is 36.3 Å². The van der Waals surface area contributed by atoms with Crippen molar-refractivity contribution in [3.8, 4) is 22.0 Å². The first kappa shape index (κ1) is 20.8. The number of nitrogens with one attached hydrogen (secondary N) is 1. The lowest BCUT2D eigenvalue weighted by atomic mass is 10.2. The first-order chi connectivity index (χ1) is 14.5. The highest BCUT2D eigenvalue weighted by atomic mass is 32.1. The van der Waals surface area contributed by atoms with E-state index in [1.165, 1.54) is 0 Å². The molecule has 1 aliphatic rings. The van der Waals surface area contributed by atoms with E-state index in [0.29, 0.717) is 12.5 Å². The molecule has 3 heterocycles. The summed E-state index contributed by atoms with van der Waals surface area (Å²) in [5, 5.41) is 6.14. The molecule has 1 fully saturated rings. The summed E-state index contributed by atoms with van der Waals surface area (Å²) in [6, 6.07) is 12.2. The van der Waals surface area contributed by atoms with Gasteiger partial charge in [-0.1, -0.05) is 44.2 Å². The summed E-state index contributed by atoms with van der Waals surface area (Å²) in [4.78, 5) is 17.8. The zero-order valence-corrected chi connectivity index (χ0v) is 18.7. The quantitative estimate of drug-likeness (QED) is 0.572. The summed E-state index contributed by atoms with van der Waals surface area (Å²) in [6.07, 6.45) is 2.22. The Labute approximate surface area is 182 Å². The number of ether oxygens (including phenoxy) is 1. The molecular weight excluding hydrogens is 394 g/mol. The van der Waals surface area contributed by atoms with E-state index >= 15 is 0 Å². The van der Waals surface area contributed by atoms with Gasteiger partial charge in [-0.15, -0.1) is 11.3 Å². The van der Waals surface area contributed by atoms with Crippen molar-refractivity contribution in [2.45, 2.75) is 46.3 Å². The molecule has 4 rings (SSSR count). The molecule has 1 saturated heterocycles. The summed E-state index contributed by atoms with van der Waals surface area (Å²) in [5.74, 6) is 0.426. The van der Waals surface area contributed by atoms with Crippen LogP contribution < -0.4 is 5.32 Å². The van der Waals surface area contributed by atoms with Crippen LogP contribution in [-0.2, 0) is 11.3 Å². The van der Waals surface area contributed by atoms with Gasteiger partial charge >= 0.3 is 0 Å². The molecule has 5 nitrogen and oxygen atoms in total. The molecule has 0 spiro atoms. The summed E-state index contributed by atoms with van der Waals surface area (Å²) in [5.41, 5.74) is 4.74. The van der Waals surface area contributed by atoms with E-state index in [2.05, 4.69) is 41.2 Å². The van der Waals surface area contributed by atoms with Crippen LogP contribution in [-0.4, -0.2) is 34.7 Å². The first-order valence-electron chi connectivity index (χ1n) is 10.6. The minimum absolute atomic E-state index is 0.0368. The maximum absolute atomic E-state index is 12.9. The number of hydrogen-bond acceptors (Lipinski definition) is 4. The fourth-order valence-electron chi connectivity index (χ4n) is 3.90. The Balaban J connectivity index is 1.62. The molecule has 2 aromatic heterocycles. The van der Waals surface area contributed by atoms with Crippen molar-refractivity contribution >= 4 is 17.2 Å². The highest BCUT2D eigenvalue weighted by Gasteiger charge is 2.22. The number of amides is 1. The van der Waals surface area contributed by atoms with E-state index in [4.69, 9.17) is 9.72 Å². The topological polar surface area (TPSA) is 56.1 Å². The van der Waals surface area contributed by atoms with Crippen molar-refractivity contribution in [2.75, 3.05) is 13.2 Å². The van der Waals surface area contributed by atoms with Gasteiger partial charge < -0.3 is 14.6 Å². The van der Waals surface area contributed by atoms with E-state index in [1.807, 2.05) is 31.2 Å². The smallest absolute Gasteiger partial charge is 0.253 e. The predicted molar refractivity (Wildman–Crippen MR) is 122 cm³/mol. The fourth-order valence-corrected chi connectivity index (χ4v) is 4.72. The lowest BCUT2D eigenvalue weighted by Gasteiger charge is -2.14. The Morgan fingerprint density at radius 1 is 1.33 bits per heavy atom. The Kier molecular flexibility index (Phi) is 6.35. The molecule has 158 valence electrons. The third-order valence-corrected chi connectivity index (χ3v) is 6.35. The van der Waals surface area contributed by atoms with Crippen LogP contribution in [0.25, 0.3) is 22.0 Å². The fraction of sp³-hybridized carbons (Fsp3) is 0.417. The minimum atomic E-state index is -0.0368. The highest BCUT2D eigenvalue weighted by molar-refractivity contribution is 7.13. The number of aromatic nitrogens is 2. The number of carbonyl (C=O) groups is 1. The third kappa shape index (κ3) is 4.50. The van der Waals surface area contributed by atoms with Gasteiger partial charge in [-0.25, -0.2) is 4.98 Å². The maximum Gasteiger partial charge on any atom is 0.253 e. The Morgan fingerprint density at radius 3 is 2.83 bits per heavy atom. The number of benzene rings is 1. The lowest BCUT2D eigenvalue weighted by molar-refractivity contribution is 0.0857. The molecule has 1 N–H and O–H groups in total. The molecule has 1 aromatic carbocycles. The molecule has 1 amide bonds. The zero-order chi connectivity index (χ0) is 21.1. The molecule has 1 unspecified atom stereocenters. The number of nitrogens with zero attached hydrogens (tertiary/aromatic N) is 2. The normalized spacial score (nSPS) is 16.3. The minimum Gasteiger partial charge on any atom is -0.376 e. The van der Waals surface area contributed by atoms with Crippen LogP contribution in [0.4, 0.5) is 0 Å². The number of carbonyl (C=O) groups excluding carboxylic acids is 1. The second kappa shape index (κ2) is 9.14. The summed E-state index contributed by atoms with van der Waals surface area (Å²) < 4.78 is 7.87. The summed E-state index contributed by atoms with van der Waals surface area (Å²) >= 11 is 1.63. The van der Waals surface area contributed by atoms with Crippen molar-refractivity contribution in [3.05, 3.63) is 53.0 Å². The number of thiazole rings is 1.